The van der Waals surface area contributed by atoms with E-state index in [2.05, 4.69) is 10.4 Å². The third kappa shape index (κ3) is 4.98. The maximum absolute atomic E-state index is 12.8. The number of benzene rings is 2. The van der Waals surface area contributed by atoms with Crippen molar-refractivity contribution in [2.24, 2.45) is 0 Å². The van der Waals surface area contributed by atoms with Gasteiger partial charge in [-0.15, -0.1) is 0 Å². The van der Waals surface area contributed by atoms with Gasteiger partial charge in [-0.3, -0.25) is 14.3 Å². The third-order valence-electron chi connectivity index (χ3n) is 4.95. The molecule has 33 heavy (non-hydrogen) atoms. The molecule has 0 bridgehead atoms. The molecular weight excluding hydrogens is 426 g/mol. The number of nitrogens with zero attached hydrogens (tertiary/aromatic N) is 2. The summed E-state index contributed by atoms with van der Waals surface area (Å²) in [5, 5.41) is 6.84. The molecule has 2 heterocycles. The minimum Gasteiger partial charge on any atom is -0.493 e. The van der Waals surface area contributed by atoms with Crippen LogP contribution in [0.2, 0.25) is 0 Å². The number of amides is 1. The van der Waals surface area contributed by atoms with E-state index in [0.717, 1.165) is 0 Å². The van der Waals surface area contributed by atoms with Crippen LogP contribution in [0, 0.1) is 0 Å². The lowest BCUT2D eigenvalue weighted by Gasteiger charge is -2.10. The van der Waals surface area contributed by atoms with Crippen LogP contribution in [0.25, 0.3) is 6.08 Å². The SMILES string of the molecule is COc1cccc(C=C2Oc3cc(OCC(=O)NCCn4cccn4)ccc3C2=O)c1OC. The number of aromatic nitrogens is 2. The Balaban J connectivity index is 1.39. The lowest BCUT2D eigenvalue weighted by atomic mass is 10.1. The van der Waals surface area contributed by atoms with Gasteiger partial charge >= 0.3 is 0 Å². The van der Waals surface area contributed by atoms with Gasteiger partial charge in [-0.05, 0) is 30.3 Å². The zero-order valence-corrected chi connectivity index (χ0v) is 18.2. The number of ketones is 1. The van der Waals surface area contributed by atoms with Crippen LogP contribution in [0.5, 0.6) is 23.0 Å². The number of carbonyl (C=O) groups excluding carboxylic acids is 2. The lowest BCUT2D eigenvalue weighted by molar-refractivity contribution is -0.123. The Morgan fingerprint density at radius 2 is 2.06 bits per heavy atom. The Kier molecular flexibility index (Phi) is 6.58. The number of nitrogens with one attached hydrogen (secondary N) is 1. The molecule has 1 amide bonds. The first kappa shape index (κ1) is 21.9. The molecule has 1 aromatic heterocycles. The molecule has 1 aliphatic rings. The molecule has 0 aliphatic carbocycles. The minimum atomic E-state index is -0.259. The maximum atomic E-state index is 12.8. The van der Waals surface area contributed by atoms with Gasteiger partial charge in [0.25, 0.3) is 5.91 Å². The minimum absolute atomic E-state index is 0.157. The Morgan fingerprint density at radius 3 is 2.82 bits per heavy atom. The van der Waals surface area contributed by atoms with Gasteiger partial charge in [0.1, 0.15) is 11.5 Å². The van der Waals surface area contributed by atoms with Gasteiger partial charge in [0.15, 0.2) is 23.9 Å². The fourth-order valence-corrected chi connectivity index (χ4v) is 3.37. The number of rotatable bonds is 9. The molecule has 2 aromatic carbocycles. The monoisotopic (exact) mass is 449 g/mol. The van der Waals surface area contributed by atoms with Crippen molar-refractivity contribution in [3.05, 3.63) is 71.7 Å². The van der Waals surface area contributed by atoms with Crippen LogP contribution < -0.4 is 24.3 Å². The zero-order valence-electron chi connectivity index (χ0n) is 18.2. The van der Waals surface area contributed by atoms with Gasteiger partial charge in [0, 0.05) is 30.6 Å². The molecule has 170 valence electrons. The molecule has 9 nitrogen and oxygen atoms in total. The van der Waals surface area contributed by atoms with E-state index in [4.69, 9.17) is 18.9 Å². The average Bonchev–Trinajstić information content (AvgIpc) is 3.45. The highest BCUT2D eigenvalue weighted by Gasteiger charge is 2.28. The van der Waals surface area contributed by atoms with Crippen LogP contribution >= 0.6 is 0 Å². The van der Waals surface area contributed by atoms with Gasteiger partial charge in [-0.25, -0.2) is 0 Å². The number of Topliss-reactive ketones (excluding diaryl/α,β-unsaturated/α-hetero) is 1. The first-order valence-corrected chi connectivity index (χ1v) is 10.2. The van der Waals surface area contributed by atoms with Crippen molar-refractivity contribution >= 4 is 17.8 Å². The maximum Gasteiger partial charge on any atom is 0.258 e. The first-order valence-electron chi connectivity index (χ1n) is 10.2. The van der Waals surface area contributed by atoms with Crippen molar-refractivity contribution in [1.29, 1.82) is 0 Å². The predicted molar refractivity (Wildman–Crippen MR) is 120 cm³/mol. The van der Waals surface area contributed by atoms with E-state index in [1.54, 1.807) is 60.5 Å². The van der Waals surface area contributed by atoms with Gasteiger partial charge in [-0.2, -0.15) is 5.10 Å². The Hall–Kier alpha value is -4.27. The number of allylic oxidation sites excluding steroid dienone is 1. The van der Waals surface area contributed by atoms with E-state index in [-0.39, 0.29) is 24.1 Å². The molecule has 0 saturated heterocycles. The highest BCUT2D eigenvalue weighted by Crippen LogP contribution is 2.37. The van der Waals surface area contributed by atoms with Crippen molar-refractivity contribution in [1.82, 2.24) is 15.1 Å². The Morgan fingerprint density at radius 1 is 1.18 bits per heavy atom. The fourth-order valence-electron chi connectivity index (χ4n) is 3.37. The lowest BCUT2D eigenvalue weighted by Crippen LogP contribution is -2.31. The molecule has 1 aliphatic heterocycles. The van der Waals surface area contributed by atoms with Crippen LogP contribution in [0.15, 0.2) is 60.6 Å². The van der Waals surface area contributed by atoms with Crippen LogP contribution in [0.1, 0.15) is 15.9 Å². The second-order valence-electron chi connectivity index (χ2n) is 7.09. The highest BCUT2D eigenvalue weighted by molar-refractivity contribution is 6.14. The topological polar surface area (TPSA) is 101 Å². The number of carbonyl (C=O) groups is 2. The van der Waals surface area contributed by atoms with Gasteiger partial charge in [-0.1, -0.05) is 12.1 Å². The van der Waals surface area contributed by atoms with Gasteiger partial charge in [0.2, 0.25) is 5.78 Å². The van der Waals surface area contributed by atoms with Crippen molar-refractivity contribution < 1.29 is 28.5 Å². The first-order chi connectivity index (χ1) is 16.1. The van der Waals surface area contributed by atoms with Crippen LogP contribution in [0.3, 0.4) is 0 Å². The molecule has 0 fully saturated rings. The molecule has 9 heteroatoms. The van der Waals surface area contributed by atoms with Crippen LogP contribution in [-0.4, -0.2) is 48.8 Å². The normalized spacial score (nSPS) is 13.4. The summed E-state index contributed by atoms with van der Waals surface area (Å²) in [7, 11) is 3.08. The zero-order chi connectivity index (χ0) is 23.2. The largest absolute Gasteiger partial charge is 0.493 e. The number of para-hydroxylation sites is 1. The summed E-state index contributed by atoms with van der Waals surface area (Å²) in [6.45, 7) is 0.851. The molecule has 0 radical (unpaired) electrons. The molecule has 1 N–H and O–H groups in total. The molecule has 0 spiro atoms. The van der Waals surface area contributed by atoms with Crippen LogP contribution in [-0.2, 0) is 11.3 Å². The van der Waals surface area contributed by atoms with Crippen LogP contribution in [0.4, 0.5) is 0 Å². The highest BCUT2D eigenvalue weighted by atomic mass is 16.5. The van der Waals surface area contributed by atoms with Crippen molar-refractivity contribution in [3.63, 3.8) is 0 Å². The number of hydrogen-bond acceptors (Lipinski definition) is 7. The molecular formula is C24H23N3O6. The number of ether oxygens (including phenoxy) is 4. The van der Waals surface area contributed by atoms with E-state index in [1.165, 1.54) is 7.11 Å². The quantitative estimate of drug-likeness (QED) is 0.501. The molecule has 0 unspecified atom stereocenters. The molecule has 3 aromatic rings. The molecule has 0 saturated carbocycles. The summed E-state index contributed by atoms with van der Waals surface area (Å²) in [6, 6.07) is 12.0. The molecule has 4 rings (SSSR count). The number of methoxy groups -OCH3 is 2. The van der Waals surface area contributed by atoms with E-state index in [1.807, 2.05) is 12.3 Å². The molecule has 0 atom stereocenters. The summed E-state index contributed by atoms with van der Waals surface area (Å²) in [4.78, 5) is 24.8. The summed E-state index contributed by atoms with van der Waals surface area (Å²) >= 11 is 0. The average molecular weight is 449 g/mol. The smallest absolute Gasteiger partial charge is 0.258 e. The number of fused-ring (bicyclic) bond motifs is 1. The third-order valence-corrected chi connectivity index (χ3v) is 4.95. The fraction of sp³-hybridized carbons (Fsp3) is 0.208. The predicted octanol–water partition coefficient (Wildman–Crippen LogP) is 2.71. The standard InChI is InChI=1S/C24H23N3O6/c1-30-19-6-3-5-16(24(19)31-2)13-21-23(29)18-8-7-17(14-20(18)33-21)32-15-22(28)25-10-12-27-11-4-9-26-27/h3-9,11,13-14H,10,12,15H2,1-2H3,(H,25,28). The van der Waals surface area contributed by atoms with Gasteiger partial charge < -0.3 is 24.3 Å². The summed E-state index contributed by atoms with van der Waals surface area (Å²) in [6.07, 6.45) is 5.11. The summed E-state index contributed by atoms with van der Waals surface area (Å²) in [5.74, 6) is 1.48. The summed E-state index contributed by atoms with van der Waals surface area (Å²) < 4.78 is 23.8. The second kappa shape index (κ2) is 9.90. The Bertz CT molecular complexity index is 1190. The van der Waals surface area contributed by atoms with E-state index in [9.17, 15) is 9.59 Å². The van der Waals surface area contributed by atoms with E-state index in [0.29, 0.717) is 47.2 Å². The number of hydrogen-bond donors (Lipinski definition) is 1. The van der Waals surface area contributed by atoms with Crippen molar-refractivity contribution in [3.8, 4) is 23.0 Å². The van der Waals surface area contributed by atoms with E-state index >= 15 is 0 Å². The summed E-state index contributed by atoms with van der Waals surface area (Å²) in [5.41, 5.74) is 1.07. The van der Waals surface area contributed by atoms with Crippen molar-refractivity contribution in [2.45, 2.75) is 6.54 Å². The van der Waals surface area contributed by atoms with E-state index < -0.39 is 0 Å². The van der Waals surface area contributed by atoms with Crippen molar-refractivity contribution in [2.75, 3.05) is 27.4 Å². The van der Waals surface area contributed by atoms with Gasteiger partial charge in [0.05, 0.1) is 26.3 Å². The second-order valence-corrected chi connectivity index (χ2v) is 7.09. The Labute approximate surface area is 190 Å².